The van der Waals surface area contributed by atoms with Crippen molar-refractivity contribution < 1.29 is 26.6 Å². The van der Waals surface area contributed by atoms with E-state index in [0.717, 1.165) is 0 Å². The van der Waals surface area contributed by atoms with Crippen molar-refractivity contribution in [3.63, 3.8) is 0 Å². The van der Waals surface area contributed by atoms with Gasteiger partial charge in [0.05, 0.1) is 0 Å². The van der Waals surface area contributed by atoms with E-state index in [9.17, 15) is 0 Å². The average Bonchev–Trinajstić information content (AvgIpc) is 2.08. The van der Waals surface area contributed by atoms with Crippen LogP contribution in [0.15, 0.2) is 30.3 Å². The van der Waals surface area contributed by atoms with Gasteiger partial charge < -0.3 is 4.89 Å². The fraction of sp³-hybridized carbons (Fsp3) is 0.143. The summed E-state index contributed by atoms with van der Waals surface area (Å²) in [7, 11) is -0.833. The van der Waals surface area contributed by atoms with Crippen molar-refractivity contribution in [2.75, 3.05) is 0 Å². The summed E-state index contributed by atoms with van der Waals surface area (Å²) in [5, 5.41) is 0. The number of hydrogen-bond acceptors (Lipinski definition) is 1. The van der Waals surface area contributed by atoms with E-state index in [1.165, 1.54) is 0 Å². The van der Waals surface area contributed by atoms with Crippen LogP contribution >= 0.6 is 8.69 Å². The normalized spacial score (nSPS) is 7.82. The molecule has 0 atom stereocenters. The summed E-state index contributed by atoms with van der Waals surface area (Å²) < 4.78 is 10.1. The van der Waals surface area contributed by atoms with E-state index in [0.29, 0.717) is 0 Å². The van der Waals surface area contributed by atoms with Gasteiger partial charge in [-0.1, -0.05) is 0 Å². The van der Waals surface area contributed by atoms with Crippen LogP contribution in [0.25, 0.3) is 0 Å². The Balaban J connectivity index is 0.000000292. The maximum atomic E-state index is 8.46. The van der Waals surface area contributed by atoms with Crippen LogP contribution < -0.4 is 4.16 Å². The van der Waals surface area contributed by atoms with Gasteiger partial charge in [-0.15, -0.1) is 0 Å². The Labute approximate surface area is 75.5 Å². The minimum absolute atomic E-state index is 0.276. The third-order valence-electron chi connectivity index (χ3n) is 1.25. The van der Waals surface area contributed by atoms with Crippen molar-refractivity contribution in [2.45, 2.75) is 5.52 Å². The second-order valence-corrected chi connectivity index (χ2v) is 5.28. The molecule has 4 heteroatoms. The molecule has 11 heavy (non-hydrogen) atoms. The van der Waals surface area contributed by atoms with Crippen LogP contribution in [0, 0.1) is 0 Å². The first kappa shape index (κ1) is 10.9. The summed E-state index contributed by atoms with van der Waals surface area (Å²) in [6, 6.07) is 10.7. The Morgan fingerprint density at radius 1 is 1.36 bits per heavy atom. The molecule has 0 unspecified atom stereocenters. The van der Waals surface area contributed by atoms with E-state index in [-0.39, 0.29) is 17.1 Å². The van der Waals surface area contributed by atoms with Gasteiger partial charge >= 0.3 is 65.8 Å². The molecule has 1 N–H and O–H groups in total. The van der Waals surface area contributed by atoms with Gasteiger partial charge in [0.15, 0.2) is 0 Å². The van der Waals surface area contributed by atoms with Crippen LogP contribution in [-0.4, -0.2) is 4.89 Å². The standard InChI is InChI=1S/C6H5.CH3.HO2P.Zn/c1-2-4-6-5-3-1;;1-3-2;/h1-5H;1H3;(H,1,2);. The minimum atomic E-state index is -0.833. The quantitative estimate of drug-likeness (QED) is 0.578. The molecule has 0 aromatic heterocycles. The van der Waals surface area contributed by atoms with Gasteiger partial charge in [-0.2, -0.15) is 0 Å². The van der Waals surface area contributed by atoms with Gasteiger partial charge in [0.1, 0.15) is 0 Å². The predicted molar refractivity (Wildman–Crippen MR) is 41.8 cm³/mol. The van der Waals surface area contributed by atoms with Crippen LogP contribution in [0.3, 0.4) is 0 Å². The van der Waals surface area contributed by atoms with Gasteiger partial charge in [-0.25, -0.2) is 4.57 Å². The first-order valence-electron chi connectivity index (χ1n) is 3.35. The molecule has 0 aliphatic heterocycles. The summed E-state index contributed by atoms with van der Waals surface area (Å²) in [5.74, 6) is 0. The Hall–Kier alpha value is -0.0966. The van der Waals surface area contributed by atoms with Crippen molar-refractivity contribution in [1.82, 2.24) is 0 Å². The molecule has 0 saturated carbocycles. The summed E-state index contributed by atoms with van der Waals surface area (Å²) in [4.78, 5) is 6.99. The van der Waals surface area contributed by atoms with Crippen molar-refractivity contribution >= 4 is 12.8 Å². The fourth-order valence-corrected chi connectivity index (χ4v) is 2.27. The average molecular weight is 222 g/mol. The molecule has 0 saturated heterocycles. The maximum absolute atomic E-state index is 8.46. The van der Waals surface area contributed by atoms with Crippen molar-refractivity contribution in [1.29, 1.82) is 0 Å². The topological polar surface area (TPSA) is 37.3 Å². The van der Waals surface area contributed by atoms with Gasteiger partial charge in [0.25, 0.3) is 0 Å². The molecule has 0 bridgehead atoms. The molecule has 1 aromatic rings. The van der Waals surface area contributed by atoms with E-state index < -0.39 is 8.69 Å². The van der Waals surface area contributed by atoms with Crippen LogP contribution in [-0.2, 0) is 21.7 Å². The zero-order valence-corrected chi connectivity index (χ0v) is 10.3. The second-order valence-electron chi connectivity index (χ2n) is 1.92. The monoisotopic (exact) mass is 220 g/mol. The van der Waals surface area contributed by atoms with Crippen LogP contribution in [0.1, 0.15) is 0 Å². The molecular formula is C7H9O2PZn. The first-order valence-corrected chi connectivity index (χ1v) is 8.57. The Kier molecular flexibility index (Phi) is 7.93. The third kappa shape index (κ3) is 6.31. The summed E-state index contributed by atoms with van der Waals surface area (Å²) in [6.07, 6.45) is 0. The molecule has 0 aliphatic rings. The van der Waals surface area contributed by atoms with E-state index >= 15 is 0 Å². The SMILES string of the molecule is O=PO.[CH3][Zn][c]1ccccc1. The molecule has 2 nitrogen and oxygen atoms in total. The molecular weight excluding hydrogens is 212 g/mol. The van der Waals surface area contributed by atoms with Gasteiger partial charge in [0, 0.05) is 0 Å². The van der Waals surface area contributed by atoms with E-state index in [2.05, 4.69) is 35.8 Å². The zero-order valence-electron chi connectivity index (χ0n) is 6.40. The van der Waals surface area contributed by atoms with Gasteiger partial charge in [0.2, 0.25) is 0 Å². The molecule has 1 rings (SSSR count). The van der Waals surface area contributed by atoms with Crippen molar-refractivity contribution in [2.24, 2.45) is 0 Å². The number of hydrogen-bond donors (Lipinski definition) is 1. The third-order valence-corrected chi connectivity index (χ3v) is 3.95. The van der Waals surface area contributed by atoms with Crippen LogP contribution in [0.5, 0.6) is 0 Å². The van der Waals surface area contributed by atoms with Gasteiger partial charge in [-0.3, -0.25) is 0 Å². The Morgan fingerprint density at radius 3 is 2.09 bits per heavy atom. The Morgan fingerprint density at radius 2 is 1.82 bits per heavy atom. The summed E-state index contributed by atoms with van der Waals surface area (Å²) >= 11 is -0.276. The van der Waals surface area contributed by atoms with Crippen molar-refractivity contribution in [3.8, 4) is 0 Å². The molecule has 0 amide bonds. The zero-order chi connectivity index (χ0) is 8.53. The first-order chi connectivity index (χ1) is 5.35. The second kappa shape index (κ2) is 8.00. The molecule has 0 heterocycles. The van der Waals surface area contributed by atoms with E-state index in [1.807, 2.05) is 0 Å². The molecule has 1 aromatic carbocycles. The number of rotatable bonds is 1. The summed E-state index contributed by atoms with van der Waals surface area (Å²) in [6.45, 7) is 0. The predicted octanol–water partition coefficient (Wildman–Crippen LogP) is 1.63. The molecule has 0 aliphatic carbocycles. The number of benzene rings is 1. The van der Waals surface area contributed by atoms with E-state index in [4.69, 9.17) is 9.46 Å². The molecule has 0 radical (unpaired) electrons. The van der Waals surface area contributed by atoms with E-state index in [1.54, 1.807) is 4.16 Å². The summed E-state index contributed by atoms with van der Waals surface area (Å²) in [5.41, 5.74) is 2.35. The molecule has 0 fully saturated rings. The van der Waals surface area contributed by atoms with Crippen molar-refractivity contribution in [3.05, 3.63) is 30.3 Å². The van der Waals surface area contributed by atoms with Crippen LogP contribution in [0.4, 0.5) is 0 Å². The molecule has 0 spiro atoms. The van der Waals surface area contributed by atoms with Crippen LogP contribution in [0.2, 0.25) is 5.52 Å². The molecule has 56 valence electrons. The fourth-order valence-electron chi connectivity index (χ4n) is 0.714. The Bertz CT molecular complexity index is 191. The van der Waals surface area contributed by atoms with Gasteiger partial charge in [-0.05, 0) is 0 Å².